The topological polar surface area (TPSA) is 47.6 Å². The van der Waals surface area contributed by atoms with Crippen molar-refractivity contribution in [2.75, 3.05) is 6.61 Å². The number of carbonyl (C=O) groups is 1. The molecule has 0 saturated heterocycles. The minimum Gasteiger partial charge on any atom is -0.493 e. The monoisotopic (exact) mass is 407 g/mol. The smallest absolute Gasteiger partial charge is 0.251 e. The van der Waals surface area contributed by atoms with Crippen LogP contribution in [0.5, 0.6) is 11.5 Å². The van der Waals surface area contributed by atoms with Gasteiger partial charge in [0.2, 0.25) is 0 Å². The highest BCUT2D eigenvalue weighted by molar-refractivity contribution is 5.94. The van der Waals surface area contributed by atoms with E-state index < -0.39 is 0 Å². The van der Waals surface area contributed by atoms with Crippen LogP contribution >= 0.6 is 0 Å². The van der Waals surface area contributed by atoms with Gasteiger partial charge in [-0.25, -0.2) is 4.39 Å². The molecule has 0 unspecified atom stereocenters. The maximum Gasteiger partial charge on any atom is 0.251 e. The first kappa shape index (κ1) is 21.4. The molecule has 0 heterocycles. The lowest BCUT2D eigenvalue weighted by atomic mass is 10.1. The van der Waals surface area contributed by atoms with Gasteiger partial charge in [0, 0.05) is 11.1 Å². The van der Waals surface area contributed by atoms with Crippen molar-refractivity contribution in [3.63, 3.8) is 0 Å². The lowest BCUT2D eigenvalue weighted by Gasteiger charge is -2.16. The van der Waals surface area contributed by atoms with Crippen LogP contribution in [0.25, 0.3) is 0 Å². The van der Waals surface area contributed by atoms with E-state index in [0.717, 1.165) is 22.4 Å². The second kappa shape index (κ2) is 9.92. The zero-order valence-corrected chi connectivity index (χ0v) is 17.4. The van der Waals surface area contributed by atoms with Crippen molar-refractivity contribution in [1.82, 2.24) is 5.32 Å². The third-order valence-electron chi connectivity index (χ3n) is 4.72. The van der Waals surface area contributed by atoms with Crippen molar-refractivity contribution in [2.45, 2.75) is 33.4 Å². The first-order valence-corrected chi connectivity index (χ1v) is 9.97. The van der Waals surface area contributed by atoms with Crippen LogP contribution in [0.15, 0.2) is 66.7 Å². The third-order valence-corrected chi connectivity index (χ3v) is 4.72. The Hall–Kier alpha value is -3.34. The fourth-order valence-corrected chi connectivity index (χ4v) is 3.11. The zero-order valence-electron chi connectivity index (χ0n) is 17.4. The van der Waals surface area contributed by atoms with E-state index in [2.05, 4.69) is 5.32 Å². The SMILES string of the molecule is CCOc1ccc(C(=O)N[C@@H](C)c2ccc(F)cc2)cc1COc1cccc(C)c1. The summed E-state index contributed by atoms with van der Waals surface area (Å²) in [7, 11) is 0. The van der Waals surface area contributed by atoms with E-state index in [4.69, 9.17) is 9.47 Å². The molecular formula is C25H26FNO3. The number of aryl methyl sites for hydroxylation is 1. The molecule has 0 bridgehead atoms. The number of nitrogens with one attached hydrogen (secondary N) is 1. The van der Waals surface area contributed by atoms with Crippen molar-refractivity contribution in [3.05, 3.63) is 94.8 Å². The van der Waals surface area contributed by atoms with Gasteiger partial charge < -0.3 is 14.8 Å². The second-order valence-electron chi connectivity index (χ2n) is 7.11. The predicted octanol–water partition coefficient (Wildman–Crippen LogP) is 5.60. The van der Waals surface area contributed by atoms with Gasteiger partial charge in [-0.3, -0.25) is 4.79 Å². The number of benzene rings is 3. The van der Waals surface area contributed by atoms with Gasteiger partial charge in [0.05, 0.1) is 12.6 Å². The number of halogens is 1. The molecule has 1 N–H and O–H groups in total. The highest BCUT2D eigenvalue weighted by Crippen LogP contribution is 2.24. The molecule has 4 nitrogen and oxygen atoms in total. The van der Waals surface area contributed by atoms with Crippen molar-refractivity contribution < 1.29 is 18.7 Å². The van der Waals surface area contributed by atoms with E-state index in [1.807, 2.05) is 45.0 Å². The summed E-state index contributed by atoms with van der Waals surface area (Å²) in [4.78, 5) is 12.8. The van der Waals surface area contributed by atoms with E-state index in [-0.39, 0.29) is 24.4 Å². The molecule has 0 radical (unpaired) electrons. The van der Waals surface area contributed by atoms with E-state index in [1.165, 1.54) is 12.1 Å². The van der Waals surface area contributed by atoms with Crippen molar-refractivity contribution >= 4 is 5.91 Å². The number of rotatable bonds is 8. The first-order valence-electron chi connectivity index (χ1n) is 9.97. The lowest BCUT2D eigenvalue weighted by Crippen LogP contribution is -2.26. The lowest BCUT2D eigenvalue weighted by molar-refractivity contribution is 0.0939. The van der Waals surface area contributed by atoms with Crippen LogP contribution in [-0.2, 0) is 6.61 Å². The molecule has 1 amide bonds. The van der Waals surface area contributed by atoms with Gasteiger partial charge in [0.1, 0.15) is 23.9 Å². The molecule has 0 aliphatic heterocycles. The molecule has 3 rings (SSSR count). The Labute approximate surface area is 176 Å². The summed E-state index contributed by atoms with van der Waals surface area (Å²) in [6, 6.07) is 19.0. The molecule has 156 valence electrons. The third kappa shape index (κ3) is 5.60. The summed E-state index contributed by atoms with van der Waals surface area (Å²) in [5, 5.41) is 2.95. The maximum atomic E-state index is 13.1. The van der Waals surface area contributed by atoms with Crippen LogP contribution in [0.3, 0.4) is 0 Å². The molecule has 3 aromatic carbocycles. The summed E-state index contributed by atoms with van der Waals surface area (Å²) < 4.78 is 24.7. The van der Waals surface area contributed by atoms with Gasteiger partial charge in [-0.1, -0.05) is 24.3 Å². The van der Waals surface area contributed by atoms with Gasteiger partial charge >= 0.3 is 0 Å². The number of hydrogen-bond donors (Lipinski definition) is 1. The molecule has 1 atom stereocenters. The van der Waals surface area contributed by atoms with Crippen LogP contribution in [0, 0.1) is 12.7 Å². The predicted molar refractivity (Wildman–Crippen MR) is 115 cm³/mol. The average Bonchev–Trinajstić information content (AvgIpc) is 2.73. The van der Waals surface area contributed by atoms with Crippen molar-refractivity contribution in [1.29, 1.82) is 0 Å². The van der Waals surface area contributed by atoms with Gasteiger partial charge in [-0.05, 0) is 74.4 Å². The van der Waals surface area contributed by atoms with Gasteiger partial charge in [0.15, 0.2) is 0 Å². The fourth-order valence-electron chi connectivity index (χ4n) is 3.11. The highest BCUT2D eigenvalue weighted by Gasteiger charge is 2.14. The first-order chi connectivity index (χ1) is 14.5. The van der Waals surface area contributed by atoms with Crippen molar-refractivity contribution in [2.24, 2.45) is 0 Å². The number of ether oxygens (including phenoxy) is 2. The molecule has 0 saturated carbocycles. The van der Waals surface area contributed by atoms with Crippen LogP contribution in [0.4, 0.5) is 4.39 Å². The summed E-state index contributed by atoms with van der Waals surface area (Å²) >= 11 is 0. The fraction of sp³-hybridized carbons (Fsp3) is 0.240. The van der Waals surface area contributed by atoms with Gasteiger partial charge in [-0.2, -0.15) is 0 Å². The Balaban J connectivity index is 1.74. The largest absolute Gasteiger partial charge is 0.493 e. The van der Waals surface area contributed by atoms with Crippen LogP contribution in [0.2, 0.25) is 0 Å². The molecule has 0 aromatic heterocycles. The number of carbonyl (C=O) groups excluding carboxylic acids is 1. The molecule has 5 heteroatoms. The Bertz CT molecular complexity index is 1000. The summed E-state index contributed by atoms with van der Waals surface area (Å²) in [5.74, 6) is 0.930. The normalized spacial score (nSPS) is 11.6. The average molecular weight is 407 g/mol. The standard InChI is InChI=1S/C25H26FNO3/c1-4-29-24-13-10-20(15-21(24)16-30-23-7-5-6-17(2)14-23)25(28)27-18(3)19-8-11-22(26)12-9-19/h5-15,18H,4,16H2,1-3H3,(H,27,28)/t18-/m0/s1. The molecule has 0 fully saturated rings. The molecule has 3 aromatic rings. The Morgan fingerprint density at radius 3 is 2.50 bits per heavy atom. The molecule has 0 aliphatic rings. The molecule has 0 spiro atoms. The van der Waals surface area contributed by atoms with Crippen molar-refractivity contribution in [3.8, 4) is 11.5 Å². The Morgan fingerprint density at radius 2 is 1.80 bits per heavy atom. The quantitative estimate of drug-likeness (QED) is 0.528. The van der Waals surface area contributed by atoms with Crippen LogP contribution in [0.1, 0.15) is 46.9 Å². The van der Waals surface area contributed by atoms with Crippen LogP contribution in [-0.4, -0.2) is 12.5 Å². The minimum absolute atomic E-state index is 0.216. The Morgan fingerprint density at radius 1 is 1.03 bits per heavy atom. The zero-order chi connectivity index (χ0) is 21.5. The minimum atomic E-state index is -0.304. The summed E-state index contributed by atoms with van der Waals surface area (Å²) in [6.45, 7) is 6.58. The number of amides is 1. The molecule has 0 aliphatic carbocycles. The summed E-state index contributed by atoms with van der Waals surface area (Å²) in [5.41, 5.74) is 3.25. The van der Waals surface area contributed by atoms with Gasteiger partial charge in [0.25, 0.3) is 5.91 Å². The van der Waals surface area contributed by atoms with Crippen LogP contribution < -0.4 is 14.8 Å². The summed E-state index contributed by atoms with van der Waals surface area (Å²) in [6.07, 6.45) is 0. The second-order valence-corrected chi connectivity index (χ2v) is 7.11. The maximum absolute atomic E-state index is 13.1. The van der Waals surface area contributed by atoms with E-state index in [0.29, 0.717) is 17.9 Å². The number of hydrogen-bond acceptors (Lipinski definition) is 3. The molecule has 30 heavy (non-hydrogen) atoms. The Kier molecular flexibility index (Phi) is 7.07. The van der Waals surface area contributed by atoms with E-state index >= 15 is 0 Å². The van der Waals surface area contributed by atoms with E-state index in [1.54, 1.807) is 30.3 Å². The highest BCUT2D eigenvalue weighted by atomic mass is 19.1. The van der Waals surface area contributed by atoms with E-state index in [9.17, 15) is 9.18 Å². The molecular weight excluding hydrogens is 381 g/mol. The van der Waals surface area contributed by atoms with Gasteiger partial charge in [-0.15, -0.1) is 0 Å².